The summed E-state index contributed by atoms with van der Waals surface area (Å²) in [6, 6.07) is -0.804. The molecule has 18 heavy (non-hydrogen) atoms. The molecule has 0 aromatic carbocycles. The van der Waals surface area contributed by atoms with Gasteiger partial charge in [0.25, 0.3) is 0 Å². The molecule has 0 saturated carbocycles. The Bertz CT molecular complexity index is 275. The number of nitrogens with two attached hydrogens (primary N) is 1. The Morgan fingerprint density at radius 2 is 1.72 bits per heavy atom. The summed E-state index contributed by atoms with van der Waals surface area (Å²) >= 11 is 0. The average Bonchev–Trinajstić information content (AvgIpc) is 2.26. The third-order valence-electron chi connectivity index (χ3n) is 2.94. The van der Waals surface area contributed by atoms with Crippen molar-refractivity contribution in [2.45, 2.75) is 59.0 Å². The topological polar surface area (TPSA) is 83.6 Å². The molecule has 0 aromatic heterocycles. The van der Waals surface area contributed by atoms with E-state index in [1.807, 2.05) is 27.7 Å². The van der Waals surface area contributed by atoms with Crippen LogP contribution in [0.15, 0.2) is 0 Å². The van der Waals surface area contributed by atoms with Gasteiger partial charge < -0.3 is 15.7 Å². The molecule has 5 heteroatoms. The zero-order valence-corrected chi connectivity index (χ0v) is 11.8. The van der Waals surface area contributed by atoms with Crippen molar-refractivity contribution in [1.29, 1.82) is 0 Å². The number of carboxylic acid groups (broad SMARTS) is 1. The monoisotopic (exact) mass is 258 g/mol. The van der Waals surface area contributed by atoms with Gasteiger partial charge in [-0.15, -0.1) is 0 Å². The number of nitrogens with zero attached hydrogens (tertiary/aromatic N) is 1. The van der Waals surface area contributed by atoms with E-state index >= 15 is 0 Å². The molecule has 0 rings (SSSR count). The molecule has 0 radical (unpaired) electrons. The van der Waals surface area contributed by atoms with Crippen molar-refractivity contribution in [2.24, 2.45) is 11.7 Å². The highest BCUT2D eigenvalue weighted by molar-refractivity contribution is 5.86. The molecule has 0 aliphatic rings. The number of amides is 1. The Labute approximate surface area is 109 Å². The lowest BCUT2D eigenvalue weighted by molar-refractivity contribution is -0.143. The molecule has 0 spiro atoms. The molecule has 0 fully saturated rings. The number of aliphatic carboxylic acids is 1. The van der Waals surface area contributed by atoms with Gasteiger partial charge in [0.2, 0.25) is 5.91 Å². The Morgan fingerprint density at radius 1 is 1.22 bits per heavy atom. The normalized spacial score (nSPS) is 12.8. The predicted molar refractivity (Wildman–Crippen MR) is 71.1 cm³/mol. The summed E-state index contributed by atoms with van der Waals surface area (Å²) in [7, 11) is 0. The molecule has 0 heterocycles. The van der Waals surface area contributed by atoms with Crippen LogP contribution in [0.2, 0.25) is 0 Å². The highest BCUT2D eigenvalue weighted by Gasteiger charge is 2.27. The molecule has 3 N–H and O–H groups in total. The summed E-state index contributed by atoms with van der Waals surface area (Å²) in [4.78, 5) is 24.6. The molecular formula is C13H26N2O3. The van der Waals surface area contributed by atoms with Crippen LogP contribution in [0.5, 0.6) is 0 Å². The summed E-state index contributed by atoms with van der Waals surface area (Å²) in [6.07, 6.45) is 1.40. The Morgan fingerprint density at radius 3 is 2.06 bits per heavy atom. The van der Waals surface area contributed by atoms with Gasteiger partial charge in [-0.2, -0.15) is 0 Å². The van der Waals surface area contributed by atoms with E-state index < -0.39 is 12.0 Å². The van der Waals surface area contributed by atoms with Gasteiger partial charge in [-0.1, -0.05) is 27.7 Å². The standard InChI is InChI=1S/C13H26N2O3/c1-5-10(6-2)15(8-9(3)4)13(18)11(14)7-12(16)17/h9-11H,5-8,14H2,1-4H3,(H,16,17). The molecule has 0 aliphatic heterocycles. The largest absolute Gasteiger partial charge is 0.481 e. The van der Waals surface area contributed by atoms with Crippen molar-refractivity contribution in [1.82, 2.24) is 4.90 Å². The second-order valence-electron chi connectivity index (χ2n) is 5.06. The number of hydrogen-bond donors (Lipinski definition) is 2. The Balaban J connectivity index is 4.82. The van der Waals surface area contributed by atoms with Gasteiger partial charge in [0.15, 0.2) is 0 Å². The number of carbonyl (C=O) groups is 2. The fourth-order valence-corrected chi connectivity index (χ4v) is 2.03. The molecule has 1 atom stereocenters. The van der Waals surface area contributed by atoms with Crippen molar-refractivity contribution in [3.63, 3.8) is 0 Å². The summed E-state index contributed by atoms with van der Waals surface area (Å²) in [5, 5.41) is 8.70. The fourth-order valence-electron chi connectivity index (χ4n) is 2.03. The van der Waals surface area contributed by atoms with Gasteiger partial charge in [-0.05, 0) is 18.8 Å². The summed E-state index contributed by atoms with van der Waals surface area (Å²) in [6.45, 7) is 8.74. The van der Waals surface area contributed by atoms with E-state index in [0.717, 1.165) is 12.8 Å². The Hall–Kier alpha value is -1.10. The zero-order chi connectivity index (χ0) is 14.3. The lowest BCUT2D eigenvalue weighted by atomic mass is 10.0. The van der Waals surface area contributed by atoms with Gasteiger partial charge >= 0.3 is 5.97 Å². The highest BCUT2D eigenvalue weighted by Crippen LogP contribution is 2.13. The quantitative estimate of drug-likeness (QED) is 0.690. The molecule has 0 bridgehead atoms. The first kappa shape index (κ1) is 16.9. The molecule has 1 unspecified atom stereocenters. The Kier molecular flexibility index (Phi) is 7.59. The SMILES string of the molecule is CCC(CC)N(CC(C)C)C(=O)C(N)CC(=O)O. The maximum absolute atomic E-state index is 12.2. The van der Waals surface area contributed by atoms with Crippen molar-refractivity contribution >= 4 is 11.9 Å². The molecular weight excluding hydrogens is 232 g/mol. The molecule has 0 aliphatic carbocycles. The van der Waals surface area contributed by atoms with E-state index in [-0.39, 0.29) is 18.4 Å². The smallest absolute Gasteiger partial charge is 0.305 e. The van der Waals surface area contributed by atoms with E-state index in [1.54, 1.807) is 4.90 Å². The van der Waals surface area contributed by atoms with E-state index in [1.165, 1.54) is 0 Å². The van der Waals surface area contributed by atoms with Crippen LogP contribution in [0.1, 0.15) is 47.0 Å². The first-order valence-corrected chi connectivity index (χ1v) is 6.61. The van der Waals surface area contributed by atoms with E-state index in [4.69, 9.17) is 10.8 Å². The maximum Gasteiger partial charge on any atom is 0.305 e. The summed E-state index contributed by atoms with van der Waals surface area (Å²) in [5.41, 5.74) is 5.67. The first-order chi connectivity index (χ1) is 8.33. The summed E-state index contributed by atoms with van der Waals surface area (Å²) in [5.74, 6) is -0.948. The van der Waals surface area contributed by atoms with Gasteiger partial charge in [0, 0.05) is 12.6 Å². The second kappa shape index (κ2) is 8.08. The van der Waals surface area contributed by atoms with Crippen LogP contribution in [-0.2, 0) is 9.59 Å². The number of carboxylic acids is 1. The van der Waals surface area contributed by atoms with Crippen LogP contribution in [0.3, 0.4) is 0 Å². The van der Waals surface area contributed by atoms with Gasteiger partial charge in [-0.25, -0.2) is 0 Å². The molecule has 0 aromatic rings. The van der Waals surface area contributed by atoms with Crippen LogP contribution in [0.25, 0.3) is 0 Å². The van der Waals surface area contributed by atoms with Crippen molar-refractivity contribution in [3.8, 4) is 0 Å². The number of rotatable bonds is 8. The maximum atomic E-state index is 12.2. The summed E-state index contributed by atoms with van der Waals surface area (Å²) < 4.78 is 0. The average molecular weight is 258 g/mol. The number of carbonyl (C=O) groups excluding carboxylic acids is 1. The minimum absolute atomic E-state index is 0.139. The number of hydrogen-bond acceptors (Lipinski definition) is 3. The third-order valence-corrected chi connectivity index (χ3v) is 2.94. The van der Waals surface area contributed by atoms with Crippen molar-refractivity contribution in [3.05, 3.63) is 0 Å². The predicted octanol–water partition coefficient (Wildman–Crippen LogP) is 1.46. The lowest BCUT2D eigenvalue weighted by Gasteiger charge is -2.33. The molecule has 106 valence electrons. The van der Waals surface area contributed by atoms with Crippen LogP contribution in [0.4, 0.5) is 0 Å². The van der Waals surface area contributed by atoms with E-state index in [2.05, 4.69) is 0 Å². The van der Waals surface area contributed by atoms with Crippen LogP contribution >= 0.6 is 0 Å². The van der Waals surface area contributed by atoms with E-state index in [9.17, 15) is 9.59 Å². The zero-order valence-electron chi connectivity index (χ0n) is 11.8. The molecule has 1 amide bonds. The van der Waals surface area contributed by atoms with E-state index in [0.29, 0.717) is 12.5 Å². The molecule has 5 nitrogen and oxygen atoms in total. The molecule has 0 saturated heterocycles. The van der Waals surface area contributed by atoms with Crippen LogP contribution < -0.4 is 5.73 Å². The van der Waals surface area contributed by atoms with Crippen LogP contribution in [-0.4, -0.2) is 40.5 Å². The second-order valence-corrected chi connectivity index (χ2v) is 5.06. The highest BCUT2D eigenvalue weighted by atomic mass is 16.4. The van der Waals surface area contributed by atoms with Crippen molar-refractivity contribution < 1.29 is 14.7 Å². The van der Waals surface area contributed by atoms with Gasteiger partial charge in [-0.3, -0.25) is 9.59 Å². The van der Waals surface area contributed by atoms with Crippen molar-refractivity contribution in [2.75, 3.05) is 6.54 Å². The fraction of sp³-hybridized carbons (Fsp3) is 0.846. The van der Waals surface area contributed by atoms with Gasteiger partial charge in [0.1, 0.15) is 0 Å². The first-order valence-electron chi connectivity index (χ1n) is 6.61. The minimum Gasteiger partial charge on any atom is -0.481 e. The van der Waals surface area contributed by atoms with Gasteiger partial charge in [0.05, 0.1) is 12.5 Å². The third kappa shape index (κ3) is 5.49. The minimum atomic E-state index is -1.04. The lowest BCUT2D eigenvalue weighted by Crippen LogP contribution is -2.50. The van der Waals surface area contributed by atoms with Crippen LogP contribution in [0, 0.1) is 5.92 Å².